The van der Waals surface area contributed by atoms with Crippen LogP contribution < -0.4 is 19.7 Å². The number of nitrogens with one attached hydrogen (secondary N) is 1. The van der Waals surface area contributed by atoms with E-state index in [1.807, 2.05) is 39.0 Å². The predicted octanol–water partition coefficient (Wildman–Crippen LogP) is 6.07. The molecule has 206 valence electrons. The maximum atomic E-state index is 13.2. The van der Waals surface area contributed by atoms with Gasteiger partial charge < -0.3 is 28.8 Å². The summed E-state index contributed by atoms with van der Waals surface area (Å²) in [6, 6.07) is 13.9. The third-order valence-corrected chi connectivity index (χ3v) is 7.61. The van der Waals surface area contributed by atoms with Gasteiger partial charge in [-0.3, -0.25) is 4.79 Å². The molecule has 0 saturated carbocycles. The standard InChI is InChI=1S/C30H28N2O7S/c1-17-6-11-25(40-17)28(34)38-16-22-20(9-10-23-26(22)32(4)29(35)30(2,3)31-23)21-8-7-19(14-24(21)36-5)39-27(33)18-12-13-37-15-18/h6-15,31H,16H2,1-5H3. The van der Waals surface area contributed by atoms with Crippen molar-refractivity contribution >= 4 is 40.6 Å². The van der Waals surface area contributed by atoms with Crippen molar-refractivity contribution < 1.29 is 33.0 Å². The molecule has 0 unspecified atom stereocenters. The lowest BCUT2D eigenvalue weighted by atomic mass is 9.91. The summed E-state index contributed by atoms with van der Waals surface area (Å²) < 4.78 is 21.9. The Kier molecular flexibility index (Phi) is 7.12. The van der Waals surface area contributed by atoms with E-state index in [1.54, 1.807) is 36.2 Å². The van der Waals surface area contributed by atoms with E-state index in [2.05, 4.69) is 5.32 Å². The smallest absolute Gasteiger partial charge is 0.348 e. The van der Waals surface area contributed by atoms with E-state index in [-0.39, 0.29) is 23.8 Å². The number of carbonyl (C=O) groups excluding carboxylic acids is 3. The summed E-state index contributed by atoms with van der Waals surface area (Å²) in [5, 5.41) is 3.30. The van der Waals surface area contributed by atoms with Crippen LogP contribution >= 0.6 is 11.3 Å². The molecule has 5 rings (SSSR count). The quantitative estimate of drug-likeness (QED) is 0.214. The zero-order chi connectivity index (χ0) is 28.6. The first-order valence-electron chi connectivity index (χ1n) is 12.5. The number of thiophene rings is 1. The Hall–Kier alpha value is -4.57. The number of nitrogens with zero attached hydrogens (tertiary/aromatic N) is 1. The number of methoxy groups -OCH3 is 1. The van der Waals surface area contributed by atoms with Gasteiger partial charge in [-0.25, -0.2) is 9.59 Å². The van der Waals surface area contributed by atoms with Crippen molar-refractivity contribution in [1.82, 2.24) is 0 Å². The van der Waals surface area contributed by atoms with E-state index in [4.69, 9.17) is 18.6 Å². The Balaban J connectivity index is 1.56. The van der Waals surface area contributed by atoms with Crippen LogP contribution in [0.4, 0.5) is 11.4 Å². The zero-order valence-electron chi connectivity index (χ0n) is 22.7. The van der Waals surface area contributed by atoms with Crippen molar-refractivity contribution in [2.24, 2.45) is 0 Å². The molecule has 1 N–H and O–H groups in total. The Morgan fingerprint density at radius 2 is 1.82 bits per heavy atom. The van der Waals surface area contributed by atoms with Crippen molar-refractivity contribution in [3.05, 3.63) is 81.9 Å². The number of anilines is 2. The van der Waals surface area contributed by atoms with Crippen LogP contribution in [0.3, 0.4) is 0 Å². The number of carbonyl (C=O) groups is 3. The van der Waals surface area contributed by atoms with Crippen molar-refractivity contribution in [1.29, 1.82) is 0 Å². The summed E-state index contributed by atoms with van der Waals surface area (Å²) >= 11 is 1.35. The van der Waals surface area contributed by atoms with Gasteiger partial charge in [0.25, 0.3) is 5.91 Å². The fourth-order valence-corrected chi connectivity index (χ4v) is 5.45. The largest absolute Gasteiger partial charge is 0.496 e. The molecule has 0 spiro atoms. The van der Waals surface area contributed by atoms with Gasteiger partial charge >= 0.3 is 11.9 Å². The Morgan fingerprint density at radius 3 is 2.50 bits per heavy atom. The molecule has 0 radical (unpaired) electrons. The molecule has 1 amide bonds. The molecule has 0 atom stereocenters. The predicted molar refractivity (Wildman–Crippen MR) is 151 cm³/mol. The molecule has 40 heavy (non-hydrogen) atoms. The zero-order valence-corrected chi connectivity index (χ0v) is 23.5. The number of aryl methyl sites for hydroxylation is 1. The minimum Gasteiger partial charge on any atom is -0.496 e. The lowest BCUT2D eigenvalue weighted by molar-refractivity contribution is -0.121. The number of amides is 1. The number of benzene rings is 2. The summed E-state index contributed by atoms with van der Waals surface area (Å²) in [7, 11) is 3.22. The normalized spacial score (nSPS) is 13.8. The topological polar surface area (TPSA) is 107 Å². The van der Waals surface area contributed by atoms with Gasteiger partial charge in [-0.05, 0) is 62.7 Å². The Bertz CT molecular complexity index is 1600. The summed E-state index contributed by atoms with van der Waals surface area (Å²) in [6.45, 7) is 5.46. The third kappa shape index (κ3) is 5.05. The van der Waals surface area contributed by atoms with Crippen LogP contribution in [0, 0.1) is 6.92 Å². The maximum Gasteiger partial charge on any atom is 0.348 e. The Morgan fingerprint density at radius 1 is 1.05 bits per heavy atom. The fraction of sp³-hybridized carbons (Fsp3) is 0.233. The molecule has 2 aromatic heterocycles. The fourth-order valence-electron chi connectivity index (χ4n) is 4.69. The van der Waals surface area contributed by atoms with E-state index in [9.17, 15) is 14.4 Å². The van der Waals surface area contributed by atoms with Crippen molar-refractivity contribution in [3.63, 3.8) is 0 Å². The van der Waals surface area contributed by atoms with E-state index < -0.39 is 17.5 Å². The number of rotatable bonds is 7. The first-order chi connectivity index (χ1) is 19.1. The number of esters is 2. The first-order valence-corrected chi connectivity index (χ1v) is 13.3. The van der Waals surface area contributed by atoms with E-state index in [0.717, 1.165) is 10.6 Å². The molecule has 10 heteroatoms. The second-order valence-corrected chi connectivity index (χ2v) is 11.1. The molecular weight excluding hydrogens is 532 g/mol. The SMILES string of the molecule is COc1cc(OC(=O)c2ccoc2)ccc1-c1ccc2c(c1COC(=O)c1ccc(C)s1)N(C)C(=O)C(C)(C)N2. The molecule has 0 fully saturated rings. The number of hydrogen-bond donors (Lipinski definition) is 1. The molecular formula is C30H28N2O7S. The molecule has 9 nitrogen and oxygen atoms in total. The van der Waals surface area contributed by atoms with Gasteiger partial charge in [0.05, 0.1) is 30.3 Å². The average molecular weight is 561 g/mol. The second kappa shape index (κ2) is 10.5. The lowest BCUT2D eigenvalue weighted by Gasteiger charge is -2.39. The molecule has 0 aliphatic carbocycles. The van der Waals surface area contributed by atoms with E-state index in [0.29, 0.717) is 33.0 Å². The molecule has 1 aliphatic rings. The highest BCUT2D eigenvalue weighted by Crippen LogP contribution is 2.45. The minimum absolute atomic E-state index is 0.0889. The Labute approximate surface area is 235 Å². The van der Waals surface area contributed by atoms with Crippen LogP contribution in [0.25, 0.3) is 11.1 Å². The van der Waals surface area contributed by atoms with Crippen molar-refractivity contribution in [2.75, 3.05) is 24.4 Å². The monoisotopic (exact) mass is 560 g/mol. The van der Waals surface area contributed by atoms with Crippen LogP contribution in [0.5, 0.6) is 11.5 Å². The first kappa shape index (κ1) is 27.0. The highest BCUT2D eigenvalue weighted by molar-refractivity contribution is 7.13. The van der Waals surface area contributed by atoms with Gasteiger partial charge in [-0.1, -0.05) is 6.07 Å². The maximum absolute atomic E-state index is 13.2. The van der Waals surface area contributed by atoms with Crippen molar-refractivity contribution in [2.45, 2.75) is 32.9 Å². The second-order valence-electron chi connectivity index (χ2n) is 9.85. The number of furan rings is 1. The average Bonchev–Trinajstić information content (AvgIpc) is 3.62. The van der Waals surface area contributed by atoms with Crippen LogP contribution in [-0.2, 0) is 16.1 Å². The van der Waals surface area contributed by atoms with E-state index in [1.165, 1.54) is 37.0 Å². The lowest BCUT2D eigenvalue weighted by Crippen LogP contribution is -2.52. The molecule has 4 aromatic rings. The minimum atomic E-state index is -0.816. The summed E-state index contributed by atoms with van der Waals surface area (Å²) in [5.74, 6) is -0.443. The highest BCUT2D eigenvalue weighted by Gasteiger charge is 2.39. The molecule has 2 aromatic carbocycles. The van der Waals surface area contributed by atoms with Gasteiger partial charge in [0, 0.05) is 29.1 Å². The van der Waals surface area contributed by atoms with Gasteiger partial charge in [-0.2, -0.15) is 0 Å². The van der Waals surface area contributed by atoms with Crippen LogP contribution in [0.2, 0.25) is 0 Å². The van der Waals surface area contributed by atoms with Gasteiger partial charge in [-0.15, -0.1) is 11.3 Å². The van der Waals surface area contributed by atoms with Gasteiger partial charge in [0.2, 0.25) is 0 Å². The van der Waals surface area contributed by atoms with Crippen molar-refractivity contribution in [3.8, 4) is 22.6 Å². The van der Waals surface area contributed by atoms with E-state index >= 15 is 0 Å². The van der Waals surface area contributed by atoms with Crippen LogP contribution in [0.15, 0.2) is 65.5 Å². The number of likely N-dealkylation sites (N-methyl/N-ethyl adjacent to an activating group) is 1. The summed E-state index contributed by atoms with van der Waals surface area (Å²) in [4.78, 5) is 41.6. The van der Waals surface area contributed by atoms with Crippen LogP contribution in [-0.4, -0.2) is 37.5 Å². The number of hydrogen-bond acceptors (Lipinski definition) is 9. The number of ether oxygens (including phenoxy) is 3. The summed E-state index contributed by atoms with van der Waals surface area (Å²) in [6.07, 6.45) is 2.70. The van der Waals surface area contributed by atoms with Gasteiger partial charge in [0.1, 0.15) is 34.8 Å². The number of fused-ring (bicyclic) bond motifs is 1. The summed E-state index contributed by atoms with van der Waals surface area (Å²) in [5.41, 5.74) is 2.79. The molecule has 1 aliphatic heterocycles. The molecule has 3 heterocycles. The third-order valence-electron chi connectivity index (χ3n) is 6.62. The molecule has 0 bridgehead atoms. The highest BCUT2D eigenvalue weighted by atomic mass is 32.1. The van der Waals surface area contributed by atoms with Gasteiger partial charge in [0.15, 0.2) is 0 Å². The van der Waals surface area contributed by atoms with Crippen LogP contribution in [0.1, 0.15) is 44.3 Å². The molecule has 0 saturated heterocycles.